The van der Waals surface area contributed by atoms with Crippen molar-refractivity contribution in [1.82, 2.24) is 19.9 Å². The molecule has 354 valence electrons. The first-order valence-corrected chi connectivity index (χ1v) is 22.8. The Morgan fingerprint density at radius 3 is 1.63 bits per heavy atom. The highest BCUT2D eigenvalue weighted by atomic mass is 35.5. The van der Waals surface area contributed by atoms with Crippen LogP contribution in [0.1, 0.15) is 105 Å². The van der Waals surface area contributed by atoms with E-state index < -0.39 is 23.3 Å². The summed E-state index contributed by atoms with van der Waals surface area (Å²) in [5.74, 6) is -0.0375. The van der Waals surface area contributed by atoms with Crippen LogP contribution in [0.5, 0.6) is 0 Å². The molecule has 0 radical (unpaired) electrons. The summed E-state index contributed by atoms with van der Waals surface area (Å²) < 4.78 is 29.1. The van der Waals surface area contributed by atoms with Crippen molar-refractivity contribution < 1.29 is 29.2 Å². The molecule has 1 aliphatic heterocycles. The maximum Gasteiger partial charge on any atom is 0.159 e. The van der Waals surface area contributed by atoms with Gasteiger partial charge in [-0.05, 0) is 126 Å². The highest BCUT2D eigenvalue weighted by Gasteiger charge is 2.26. The zero-order valence-electron chi connectivity index (χ0n) is 39.0. The minimum absolute atomic E-state index is 0.0560. The standard InChI is InChI=1S/C26H28ClFN4O2.C26H26ClFN4O2/c2*1-14(19-9-16(13-33)5-7-21(19)28)32-24-20-10-17(6-8-22(20)31-15(2)23(24)27)18-11-29-25(30-12-18)26(3,4)34/h5-11,14,18,33-34H,12-13H2,1-4H3,(H,31,32);5-12,14,33-34H,13H2,1-4H3,(H,31,32)/t14-,18?;14-/m11/s1. The number of aliphatic hydroxyl groups is 4. The number of aliphatic hydroxyl groups excluding tert-OH is 2. The third kappa shape index (κ3) is 11.0. The SMILES string of the molecule is Cc1nc2ccc(-c3cnc(C(C)(C)O)nc3)cc2c(N[C@H](C)c2cc(CO)ccc2F)c1Cl.Cc1nc2ccc(C3C=NC(C(C)(C)O)=NC3)cc2c(N[C@H](C)c2cc(CO)ccc2F)c1Cl. The molecule has 3 atom stereocenters. The van der Waals surface area contributed by atoms with Gasteiger partial charge in [0.15, 0.2) is 11.7 Å². The summed E-state index contributed by atoms with van der Waals surface area (Å²) in [6, 6.07) is 20.0. The highest BCUT2D eigenvalue weighted by Crippen LogP contribution is 2.39. The van der Waals surface area contributed by atoms with Crippen LogP contribution in [0.15, 0.2) is 95.2 Å². The number of nitrogens with one attached hydrogen (secondary N) is 2. The van der Waals surface area contributed by atoms with Crippen molar-refractivity contribution >= 4 is 68.4 Å². The van der Waals surface area contributed by atoms with Crippen LogP contribution in [-0.4, -0.2) is 64.6 Å². The number of aryl methyl sites for hydroxylation is 2. The molecule has 0 bridgehead atoms. The van der Waals surface area contributed by atoms with Gasteiger partial charge in [0.25, 0.3) is 0 Å². The van der Waals surface area contributed by atoms with Gasteiger partial charge in [-0.3, -0.25) is 15.0 Å². The third-order valence-corrected chi connectivity index (χ3v) is 12.6. The first-order chi connectivity index (χ1) is 32.2. The van der Waals surface area contributed by atoms with E-state index in [4.69, 9.17) is 23.2 Å². The quantitative estimate of drug-likeness (QED) is 0.0690. The van der Waals surface area contributed by atoms with Crippen LogP contribution in [0.4, 0.5) is 20.2 Å². The van der Waals surface area contributed by atoms with E-state index in [1.165, 1.54) is 12.1 Å². The monoisotopic (exact) mass is 962 g/mol. The van der Waals surface area contributed by atoms with Crippen LogP contribution in [0.25, 0.3) is 32.9 Å². The molecule has 4 heterocycles. The van der Waals surface area contributed by atoms with Crippen LogP contribution in [0, 0.1) is 25.5 Å². The van der Waals surface area contributed by atoms with Crippen molar-refractivity contribution in [2.45, 2.75) is 97.8 Å². The summed E-state index contributed by atoms with van der Waals surface area (Å²) in [6.45, 7) is 14.1. The zero-order chi connectivity index (χ0) is 49.2. The number of aromatic nitrogens is 4. The lowest BCUT2D eigenvalue weighted by molar-refractivity contribution is 0.0687. The minimum Gasteiger partial charge on any atom is -0.392 e. The number of aliphatic imine (C=N–C) groups is 2. The number of amidine groups is 1. The molecule has 0 saturated heterocycles. The molecule has 6 N–H and O–H groups in total. The topological polar surface area (TPSA) is 181 Å². The number of rotatable bonds is 12. The van der Waals surface area contributed by atoms with Gasteiger partial charge in [0.05, 0.1) is 75.7 Å². The zero-order valence-corrected chi connectivity index (χ0v) is 40.5. The number of hydrogen-bond donors (Lipinski definition) is 6. The van der Waals surface area contributed by atoms with Crippen molar-refractivity contribution in [3.63, 3.8) is 0 Å². The van der Waals surface area contributed by atoms with Crippen molar-refractivity contribution in [1.29, 1.82) is 0 Å². The van der Waals surface area contributed by atoms with Crippen molar-refractivity contribution in [2.75, 3.05) is 17.2 Å². The average Bonchev–Trinajstić information content (AvgIpc) is 3.31. The Hall–Kier alpha value is -6.00. The van der Waals surface area contributed by atoms with Gasteiger partial charge >= 0.3 is 0 Å². The Balaban J connectivity index is 0.000000201. The van der Waals surface area contributed by atoms with Crippen molar-refractivity contribution in [2.24, 2.45) is 9.98 Å². The van der Waals surface area contributed by atoms with E-state index in [1.54, 1.807) is 70.6 Å². The molecule has 68 heavy (non-hydrogen) atoms. The fraction of sp³-hybridized carbons (Fsp3) is 0.308. The first kappa shape index (κ1) is 49.9. The number of fused-ring (bicyclic) bond motifs is 2. The second-order valence-electron chi connectivity index (χ2n) is 18.0. The number of hydrogen-bond acceptors (Lipinski definition) is 12. The molecule has 0 amide bonds. The van der Waals surface area contributed by atoms with E-state index in [1.807, 2.05) is 64.1 Å². The average molecular weight is 964 g/mol. The second-order valence-corrected chi connectivity index (χ2v) is 18.8. The van der Waals surface area contributed by atoms with Crippen LogP contribution in [0.2, 0.25) is 10.0 Å². The summed E-state index contributed by atoms with van der Waals surface area (Å²) in [6.07, 6.45) is 5.13. The normalized spacial score (nSPS) is 14.9. The van der Waals surface area contributed by atoms with Crippen LogP contribution < -0.4 is 10.6 Å². The minimum atomic E-state index is -1.13. The number of benzene rings is 4. The first-order valence-electron chi connectivity index (χ1n) is 22.0. The van der Waals surface area contributed by atoms with Gasteiger partial charge in [0, 0.05) is 52.0 Å². The fourth-order valence-electron chi connectivity index (χ4n) is 7.84. The van der Waals surface area contributed by atoms with E-state index in [2.05, 4.69) is 40.6 Å². The van der Waals surface area contributed by atoms with Gasteiger partial charge in [-0.1, -0.05) is 47.5 Å². The lowest BCUT2D eigenvalue weighted by atomic mass is 9.96. The smallest absolute Gasteiger partial charge is 0.159 e. The van der Waals surface area contributed by atoms with E-state index in [-0.39, 0.29) is 30.8 Å². The lowest BCUT2D eigenvalue weighted by Gasteiger charge is -2.23. The lowest BCUT2D eigenvalue weighted by Crippen LogP contribution is -2.32. The van der Waals surface area contributed by atoms with Gasteiger partial charge in [0.2, 0.25) is 0 Å². The summed E-state index contributed by atoms with van der Waals surface area (Å²) >= 11 is 13.3. The van der Waals surface area contributed by atoms with Gasteiger partial charge < -0.3 is 31.1 Å². The maximum atomic E-state index is 14.6. The van der Waals surface area contributed by atoms with E-state index >= 15 is 0 Å². The Morgan fingerprint density at radius 2 is 1.18 bits per heavy atom. The van der Waals surface area contributed by atoms with Gasteiger partial charge in [-0.25, -0.2) is 23.7 Å². The number of anilines is 2. The second kappa shape index (κ2) is 20.3. The Kier molecular flexibility index (Phi) is 14.9. The summed E-state index contributed by atoms with van der Waals surface area (Å²) in [5.41, 5.74) is 6.64. The molecule has 16 heteroatoms. The highest BCUT2D eigenvalue weighted by molar-refractivity contribution is 6.36. The van der Waals surface area contributed by atoms with E-state index in [9.17, 15) is 29.2 Å². The molecule has 0 saturated carbocycles. The summed E-state index contributed by atoms with van der Waals surface area (Å²) in [7, 11) is 0. The molecule has 7 aromatic rings. The molecule has 4 aromatic carbocycles. The molecule has 3 aromatic heterocycles. The molecule has 1 aliphatic rings. The molecule has 8 rings (SSSR count). The largest absolute Gasteiger partial charge is 0.392 e. The molecular weight excluding hydrogens is 910 g/mol. The fourth-order valence-corrected chi connectivity index (χ4v) is 8.24. The maximum absolute atomic E-state index is 14.6. The van der Waals surface area contributed by atoms with Crippen molar-refractivity contribution in [3.05, 3.63) is 152 Å². The summed E-state index contributed by atoms with van der Waals surface area (Å²) in [4.78, 5) is 26.6. The number of nitrogens with zero attached hydrogens (tertiary/aromatic N) is 6. The Morgan fingerprint density at radius 1 is 0.676 bits per heavy atom. The molecule has 0 spiro atoms. The van der Waals surface area contributed by atoms with Gasteiger partial charge in [-0.15, -0.1) is 0 Å². The third-order valence-electron chi connectivity index (χ3n) is 11.7. The molecule has 12 nitrogen and oxygen atoms in total. The molecule has 0 aliphatic carbocycles. The van der Waals surface area contributed by atoms with Crippen LogP contribution in [0.3, 0.4) is 0 Å². The predicted molar refractivity (Wildman–Crippen MR) is 268 cm³/mol. The Labute approximate surface area is 403 Å². The Bertz CT molecular complexity index is 3070. The van der Waals surface area contributed by atoms with Gasteiger partial charge in [-0.2, -0.15) is 0 Å². The number of pyridine rings is 2. The van der Waals surface area contributed by atoms with Gasteiger partial charge in [0.1, 0.15) is 22.8 Å². The summed E-state index contributed by atoms with van der Waals surface area (Å²) in [5, 5.41) is 48.4. The molecular formula is C52H54Cl2F2N8O4. The van der Waals surface area contributed by atoms with E-state index in [0.717, 1.165) is 38.5 Å². The molecule has 0 fully saturated rings. The van der Waals surface area contributed by atoms with E-state index in [0.29, 0.717) is 73.3 Å². The van der Waals surface area contributed by atoms with Crippen LogP contribution >= 0.6 is 23.2 Å². The molecule has 1 unspecified atom stereocenters. The number of halogens is 4. The van der Waals surface area contributed by atoms with Crippen LogP contribution in [-0.2, 0) is 18.8 Å². The predicted octanol–water partition coefficient (Wildman–Crippen LogP) is 11.0. The van der Waals surface area contributed by atoms with Crippen molar-refractivity contribution in [3.8, 4) is 11.1 Å².